The van der Waals surface area contributed by atoms with Crippen molar-refractivity contribution in [1.82, 2.24) is 0 Å². The summed E-state index contributed by atoms with van der Waals surface area (Å²) < 4.78 is 4.67. The lowest BCUT2D eigenvalue weighted by Gasteiger charge is -2.02. The molecule has 4 nitrogen and oxygen atoms in total. The second kappa shape index (κ2) is 10.6. The highest BCUT2D eigenvalue weighted by Crippen LogP contribution is 2.04. The van der Waals surface area contributed by atoms with E-state index in [-0.39, 0.29) is 0 Å². The van der Waals surface area contributed by atoms with Gasteiger partial charge in [-0.2, -0.15) is 0 Å². The molecule has 0 aromatic rings. The maximum atomic E-state index is 11.2. The highest BCUT2D eigenvalue weighted by molar-refractivity contribution is 5.85. The maximum Gasteiger partial charge on any atom is 0.313 e. The van der Waals surface area contributed by atoms with Gasteiger partial charge in [-0.25, -0.2) is 0 Å². The maximum absolute atomic E-state index is 11.2. The Labute approximate surface area is 97.5 Å². The highest BCUT2D eigenvalue weighted by Gasteiger charge is 2.09. The molecular formula is C12H23NO3. The lowest BCUT2D eigenvalue weighted by Crippen LogP contribution is -2.12. The average molecular weight is 229 g/mol. The molecule has 0 atom stereocenters. The summed E-state index contributed by atoms with van der Waals surface area (Å²) in [5.74, 6) is -0.796. The first-order valence-electron chi connectivity index (χ1n) is 6.14. The fourth-order valence-corrected chi connectivity index (χ4v) is 1.34. The van der Waals surface area contributed by atoms with Crippen LogP contribution in [0, 0.1) is 0 Å². The number of rotatable bonds is 9. The second-order valence-corrected chi connectivity index (χ2v) is 3.90. The monoisotopic (exact) mass is 229 g/mol. The Morgan fingerprint density at radius 1 is 0.938 bits per heavy atom. The quantitative estimate of drug-likeness (QED) is 0.373. The third kappa shape index (κ3) is 9.65. The fraction of sp³-hybridized carbons (Fsp3) is 0.833. The molecule has 94 valence electrons. The van der Waals surface area contributed by atoms with Gasteiger partial charge in [0.25, 0.3) is 0 Å². The summed E-state index contributed by atoms with van der Waals surface area (Å²) in [6.07, 6.45) is 6.10. The smallest absolute Gasteiger partial charge is 0.313 e. The summed E-state index contributed by atoms with van der Waals surface area (Å²) in [4.78, 5) is 22.3. The van der Waals surface area contributed by atoms with Crippen LogP contribution >= 0.6 is 0 Å². The van der Waals surface area contributed by atoms with Crippen LogP contribution in [0.3, 0.4) is 0 Å². The van der Waals surface area contributed by atoms with Gasteiger partial charge in [-0.3, -0.25) is 9.59 Å². The van der Waals surface area contributed by atoms with Crippen molar-refractivity contribution in [2.45, 2.75) is 58.3 Å². The number of hydrogen-bond donors (Lipinski definition) is 1. The predicted molar refractivity (Wildman–Crippen MR) is 62.8 cm³/mol. The molecule has 16 heavy (non-hydrogen) atoms. The number of ether oxygens (including phenoxy) is 1. The van der Waals surface area contributed by atoms with Crippen molar-refractivity contribution in [3.63, 3.8) is 0 Å². The molecule has 0 saturated carbocycles. The molecule has 0 saturated heterocycles. The summed E-state index contributed by atoms with van der Waals surface area (Å²) in [5.41, 5.74) is 5.32. The highest BCUT2D eigenvalue weighted by atomic mass is 16.6. The van der Waals surface area contributed by atoms with Gasteiger partial charge < -0.3 is 10.5 Å². The van der Waals surface area contributed by atoms with Crippen LogP contribution in [0.25, 0.3) is 0 Å². The van der Waals surface area contributed by atoms with Crippen molar-refractivity contribution in [2.75, 3.05) is 6.54 Å². The van der Waals surface area contributed by atoms with Gasteiger partial charge in [-0.05, 0) is 25.8 Å². The number of unbranched alkanes of at least 4 members (excludes halogenated alkanes) is 4. The van der Waals surface area contributed by atoms with E-state index in [0.717, 1.165) is 38.5 Å². The number of carbonyl (C=O) groups is 2. The molecule has 0 spiro atoms. The second-order valence-electron chi connectivity index (χ2n) is 3.90. The minimum absolute atomic E-state index is 0.319. The Morgan fingerprint density at radius 2 is 1.50 bits per heavy atom. The molecule has 0 aliphatic carbocycles. The van der Waals surface area contributed by atoms with Gasteiger partial charge in [-0.15, -0.1) is 0 Å². The van der Waals surface area contributed by atoms with Gasteiger partial charge in [0.1, 0.15) is 0 Å². The Bertz CT molecular complexity index is 204. The zero-order valence-corrected chi connectivity index (χ0v) is 10.2. The Balaban J connectivity index is 3.43. The van der Waals surface area contributed by atoms with E-state index in [0.29, 0.717) is 19.4 Å². The van der Waals surface area contributed by atoms with Crippen molar-refractivity contribution in [1.29, 1.82) is 0 Å². The van der Waals surface area contributed by atoms with Crippen LogP contribution in [-0.2, 0) is 14.3 Å². The summed E-state index contributed by atoms with van der Waals surface area (Å²) in [6, 6.07) is 0. The number of carbonyl (C=O) groups excluding carboxylic acids is 2. The summed E-state index contributed by atoms with van der Waals surface area (Å²) in [6.45, 7) is 2.71. The van der Waals surface area contributed by atoms with E-state index >= 15 is 0 Å². The minimum Gasteiger partial charge on any atom is -0.393 e. The van der Waals surface area contributed by atoms with Gasteiger partial charge in [0.15, 0.2) is 0 Å². The van der Waals surface area contributed by atoms with Crippen LogP contribution in [0.15, 0.2) is 0 Å². The summed E-state index contributed by atoms with van der Waals surface area (Å²) >= 11 is 0. The first-order valence-corrected chi connectivity index (χ1v) is 6.14. The van der Waals surface area contributed by atoms with E-state index in [1.54, 1.807) is 0 Å². The van der Waals surface area contributed by atoms with Crippen LogP contribution in [0.1, 0.15) is 58.3 Å². The number of nitrogens with two attached hydrogens (primary N) is 1. The Morgan fingerprint density at radius 3 is 2.00 bits per heavy atom. The lowest BCUT2D eigenvalue weighted by molar-refractivity contribution is -0.159. The van der Waals surface area contributed by atoms with Crippen LogP contribution in [0.4, 0.5) is 0 Å². The third-order valence-electron chi connectivity index (χ3n) is 2.30. The van der Waals surface area contributed by atoms with Crippen LogP contribution in [0.2, 0.25) is 0 Å². The van der Waals surface area contributed by atoms with Gasteiger partial charge in [0, 0.05) is 12.8 Å². The molecule has 0 fully saturated rings. The molecule has 0 aliphatic rings. The van der Waals surface area contributed by atoms with E-state index in [1.165, 1.54) is 0 Å². The largest absolute Gasteiger partial charge is 0.393 e. The van der Waals surface area contributed by atoms with Crippen molar-refractivity contribution in [2.24, 2.45) is 5.73 Å². The Hall–Kier alpha value is -0.900. The lowest BCUT2D eigenvalue weighted by atomic mass is 10.2. The van der Waals surface area contributed by atoms with E-state index in [4.69, 9.17) is 5.73 Å². The standard InChI is InChI=1S/C12H23NO3/c1-2-3-5-8-11(14)16-12(15)9-6-4-7-10-13/h2-10,13H2,1H3. The first-order chi connectivity index (χ1) is 7.70. The van der Waals surface area contributed by atoms with E-state index in [1.807, 2.05) is 0 Å². The summed E-state index contributed by atoms with van der Waals surface area (Å²) in [7, 11) is 0. The predicted octanol–water partition coefficient (Wildman–Crippen LogP) is 2.16. The van der Waals surface area contributed by atoms with Crippen LogP contribution in [0.5, 0.6) is 0 Å². The zero-order chi connectivity index (χ0) is 12.2. The Kier molecular flexibility index (Phi) is 10.0. The van der Waals surface area contributed by atoms with Crippen molar-refractivity contribution < 1.29 is 14.3 Å². The molecule has 0 rings (SSSR count). The number of hydrogen-bond acceptors (Lipinski definition) is 4. The first kappa shape index (κ1) is 15.1. The average Bonchev–Trinajstić information content (AvgIpc) is 2.25. The molecule has 0 aromatic carbocycles. The van der Waals surface area contributed by atoms with Crippen molar-refractivity contribution in [3.05, 3.63) is 0 Å². The van der Waals surface area contributed by atoms with Crippen LogP contribution < -0.4 is 5.73 Å². The van der Waals surface area contributed by atoms with Crippen LogP contribution in [-0.4, -0.2) is 18.5 Å². The molecule has 0 radical (unpaired) electrons. The van der Waals surface area contributed by atoms with Gasteiger partial charge in [0.2, 0.25) is 0 Å². The molecule has 0 aliphatic heterocycles. The topological polar surface area (TPSA) is 69.4 Å². The molecular weight excluding hydrogens is 206 g/mol. The van der Waals surface area contributed by atoms with Crippen molar-refractivity contribution in [3.8, 4) is 0 Å². The molecule has 2 N–H and O–H groups in total. The molecule has 0 aromatic heterocycles. The minimum atomic E-state index is -0.404. The molecule has 0 amide bonds. The molecule has 0 bridgehead atoms. The van der Waals surface area contributed by atoms with Gasteiger partial charge in [-0.1, -0.05) is 26.2 Å². The van der Waals surface area contributed by atoms with E-state index < -0.39 is 11.9 Å². The molecule has 4 heteroatoms. The van der Waals surface area contributed by atoms with Gasteiger partial charge in [0.05, 0.1) is 0 Å². The SMILES string of the molecule is CCCCCC(=O)OC(=O)CCCCCN. The third-order valence-corrected chi connectivity index (χ3v) is 2.30. The number of esters is 2. The molecule has 0 heterocycles. The van der Waals surface area contributed by atoms with E-state index in [9.17, 15) is 9.59 Å². The van der Waals surface area contributed by atoms with Gasteiger partial charge >= 0.3 is 11.9 Å². The zero-order valence-electron chi connectivity index (χ0n) is 10.2. The normalized spacial score (nSPS) is 10.1. The summed E-state index contributed by atoms with van der Waals surface area (Å²) in [5, 5.41) is 0. The molecule has 0 unspecified atom stereocenters. The van der Waals surface area contributed by atoms with E-state index in [2.05, 4.69) is 11.7 Å². The van der Waals surface area contributed by atoms with Crippen molar-refractivity contribution >= 4 is 11.9 Å². The fourth-order valence-electron chi connectivity index (χ4n) is 1.34.